The van der Waals surface area contributed by atoms with Gasteiger partial charge in [-0.15, -0.1) is 0 Å². The van der Waals surface area contributed by atoms with Crippen LogP contribution >= 0.6 is 11.6 Å². The van der Waals surface area contributed by atoms with E-state index in [2.05, 4.69) is 21.2 Å². The van der Waals surface area contributed by atoms with Gasteiger partial charge in [0.15, 0.2) is 0 Å². The van der Waals surface area contributed by atoms with Crippen LogP contribution in [0.15, 0.2) is 42.5 Å². The Morgan fingerprint density at radius 1 is 1.09 bits per heavy atom. The summed E-state index contributed by atoms with van der Waals surface area (Å²) in [5, 5.41) is 4.27. The summed E-state index contributed by atoms with van der Waals surface area (Å²) in [6.07, 6.45) is 0.390. The number of urea groups is 1. The van der Waals surface area contributed by atoms with Gasteiger partial charge in [0.25, 0.3) is 5.91 Å². The van der Waals surface area contributed by atoms with Gasteiger partial charge in [-0.3, -0.25) is 19.9 Å². The number of hydrogen-bond donors (Lipinski definition) is 1. The summed E-state index contributed by atoms with van der Waals surface area (Å²) in [5.74, 6) is -0.140. The number of carbonyl (C=O) groups is 2. The van der Waals surface area contributed by atoms with Crippen LogP contribution in [0, 0.1) is 13.8 Å². The second kappa shape index (κ2) is 8.06. The van der Waals surface area contributed by atoms with E-state index in [1.54, 1.807) is 11.9 Å². The molecule has 3 amide bonds. The fourth-order valence-corrected chi connectivity index (χ4v) is 5.26. The van der Waals surface area contributed by atoms with Crippen LogP contribution in [-0.2, 0) is 11.3 Å². The molecule has 0 bridgehead atoms. The lowest BCUT2D eigenvalue weighted by Gasteiger charge is -2.44. The highest BCUT2D eigenvalue weighted by atomic mass is 35.5. The van der Waals surface area contributed by atoms with Crippen molar-refractivity contribution in [3.8, 4) is 0 Å². The van der Waals surface area contributed by atoms with Crippen molar-refractivity contribution in [2.75, 3.05) is 25.0 Å². The average molecular weight is 454 g/mol. The molecule has 3 atom stereocenters. The highest BCUT2D eigenvalue weighted by Gasteiger charge is 2.56. The van der Waals surface area contributed by atoms with Gasteiger partial charge in [0.2, 0.25) is 0 Å². The molecule has 0 saturated carbocycles. The van der Waals surface area contributed by atoms with Crippen LogP contribution in [0.2, 0.25) is 5.02 Å². The molecule has 8 heteroatoms. The number of halogens is 1. The molecule has 3 fully saturated rings. The number of imide groups is 1. The smallest absolute Gasteiger partial charge is 0.328 e. The number of likely N-dealkylation sites (N-methyl/N-ethyl adjacent to an activating group) is 1. The van der Waals surface area contributed by atoms with Crippen LogP contribution < -0.4 is 10.2 Å². The Balaban J connectivity index is 1.44. The zero-order valence-corrected chi connectivity index (χ0v) is 19.3. The summed E-state index contributed by atoms with van der Waals surface area (Å²) in [6, 6.07) is 13.3. The van der Waals surface area contributed by atoms with Gasteiger partial charge >= 0.3 is 6.03 Å². The van der Waals surface area contributed by atoms with Crippen LogP contribution in [0.4, 0.5) is 10.5 Å². The number of rotatable bonds is 3. The molecule has 3 heterocycles. The minimum atomic E-state index is -0.420. The maximum atomic E-state index is 13.6. The van der Waals surface area contributed by atoms with E-state index >= 15 is 0 Å². The molecule has 32 heavy (non-hydrogen) atoms. The summed E-state index contributed by atoms with van der Waals surface area (Å²) in [7, 11) is 1.77. The van der Waals surface area contributed by atoms with E-state index in [9.17, 15) is 9.59 Å². The Labute approximate surface area is 193 Å². The van der Waals surface area contributed by atoms with Crippen LogP contribution in [0.3, 0.4) is 0 Å². The molecule has 3 saturated heterocycles. The number of hydrogen-bond acceptors (Lipinski definition) is 5. The monoisotopic (exact) mass is 453 g/mol. The molecule has 1 N–H and O–H groups in total. The number of nitrogens with one attached hydrogen (secondary N) is 1. The maximum absolute atomic E-state index is 13.6. The summed E-state index contributed by atoms with van der Waals surface area (Å²) in [6.45, 7) is 5.92. The van der Waals surface area contributed by atoms with Crippen molar-refractivity contribution >= 4 is 29.2 Å². The Morgan fingerprint density at radius 3 is 2.66 bits per heavy atom. The molecule has 3 aliphatic rings. The minimum Gasteiger partial charge on any atom is -0.343 e. The summed E-state index contributed by atoms with van der Waals surface area (Å²) < 4.78 is 0. The number of aryl methyl sites for hydroxylation is 2. The van der Waals surface area contributed by atoms with Crippen LogP contribution in [0.1, 0.15) is 23.1 Å². The van der Waals surface area contributed by atoms with Gasteiger partial charge in [-0.2, -0.15) is 0 Å². The summed E-state index contributed by atoms with van der Waals surface area (Å²) in [5.41, 5.74) is 4.11. The van der Waals surface area contributed by atoms with Gasteiger partial charge < -0.3 is 9.80 Å². The second-order valence-corrected chi connectivity index (χ2v) is 9.36. The van der Waals surface area contributed by atoms with Crippen molar-refractivity contribution in [3.05, 3.63) is 64.2 Å². The Kier molecular flexibility index (Phi) is 5.35. The second-order valence-electron chi connectivity index (χ2n) is 8.96. The first kappa shape index (κ1) is 21.2. The van der Waals surface area contributed by atoms with Gasteiger partial charge in [-0.1, -0.05) is 47.5 Å². The van der Waals surface area contributed by atoms with Crippen molar-refractivity contribution in [3.63, 3.8) is 0 Å². The minimum absolute atomic E-state index is 0.140. The van der Waals surface area contributed by atoms with Crippen molar-refractivity contribution in [1.29, 1.82) is 0 Å². The van der Waals surface area contributed by atoms with E-state index in [0.29, 0.717) is 0 Å². The predicted molar refractivity (Wildman–Crippen MR) is 124 cm³/mol. The van der Waals surface area contributed by atoms with Crippen LogP contribution in [0.5, 0.6) is 0 Å². The predicted octanol–water partition coefficient (Wildman–Crippen LogP) is 3.14. The Bertz CT molecular complexity index is 1080. The molecule has 0 spiro atoms. The highest BCUT2D eigenvalue weighted by molar-refractivity contribution is 6.31. The number of nitrogens with zero attached hydrogens (tertiary/aromatic N) is 4. The molecule has 2 aromatic rings. The first-order valence-corrected chi connectivity index (χ1v) is 11.4. The van der Waals surface area contributed by atoms with Crippen molar-refractivity contribution < 1.29 is 9.59 Å². The van der Waals surface area contributed by atoms with E-state index in [4.69, 9.17) is 11.6 Å². The molecule has 0 radical (unpaired) electrons. The summed E-state index contributed by atoms with van der Waals surface area (Å²) >= 11 is 6.40. The largest absolute Gasteiger partial charge is 0.343 e. The number of benzene rings is 2. The quantitative estimate of drug-likeness (QED) is 0.773. The lowest BCUT2D eigenvalue weighted by atomic mass is 10.1. The third-order valence-corrected chi connectivity index (χ3v) is 7.19. The van der Waals surface area contributed by atoms with E-state index in [1.165, 1.54) is 4.90 Å². The lowest BCUT2D eigenvalue weighted by Crippen LogP contribution is -2.66. The molecule has 0 aliphatic carbocycles. The molecule has 5 rings (SSSR count). The number of carbonyl (C=O) groups excluding carboxylic acids is 2. The number of fused-ring (bicyclic) bond motifs is 3. The standard InChI is InChI=1S/C24H28ClN5O2/c1-15-6-4-7-17(12-15)14-30-22(31)20-21(27(3)24(30)32)26-23-28(10-5-11-29(20)23)18-9-8-16(2)19(25)13-18/h4,6-9,12-13,20-21,23,26H,5,10-11,14H2,1-3H3. The molecule has 7 nitrogen and oxygen atoms in total. The van der Waals surface area contributed by atoms with E-state index < -0.39 is 6.04 Å². The van der Waals surface area contributed by atoms with Gasteiger partial charge in [-0.25, -0.2) is 4.79 Å². The van der Waals surface area contributed by atoms with Gasteiger partial charge in [0.1, 0.15) is 18.5 Å². The normalized spacial score (nSPS) is 25.9. The third kappa shape index (κ3) is 3.45. The van der Waals surface area contributed by atoms with Crippen molar-refractivity contribution in [1.82, 2.24) is 20.0 Å². The third-order valence-electron chi connectivity index (χ3n) is 6.78. The van der Waals surface area contributed by atoms with E-state index in [0.717, 1.165) is 46.9 Å². The fraction of sp³-hybridized carbons (Fsp3) is 0.417. The van der Waals surface area contributed by atoms with Crippen LogP contribution in [0.25, 0.3) is 0 Å². The molecule has 0 aromatic heterocycles. The molecule has 2 aromatic carbocycles. The SMILES string of the molecule is Cc1cccc(CN2C(=O)C3C(NC4N(c5ccc(C)c(Cl)c5)CCCN34)N(C)C2=O)c1. The Morgan fingerprint density at radius 2 is 1.91 bits per heavy atom. The lowest BCUT2D eigenvalue weighted by molar-refractivity contribution is -0.139. The average Bonchev–Trinajstić information content (AvgIpc) is 3.17. The zero-order valence-electron chi connectivity index (χ0n) is 18.6. The Hall–Kier alpha value is -2.61. The molecular formula is C24H28ClN5O2. The molecular weight excluding hydrogens is 426 g/mol. The van der Waals surface area contributed by atoms with Crippen molar-refractivity contribution in [2.45, 2.75) is 45.3 Å². The molecule has 3 aliphatic heterocycles. The number of amides is 3. The summed E-state index contributed by atoms with van der Waals surface area (Å²) in [4.78, 5) is 34.2. The molecule has 3 unspecified atom stereocenters. The van der Waals surface area contributed by atoms with Crippen LogP contribution in [-0.4, -0.2) is 65.3 Å². The maximum Gasteiger partial charge on any atom is 0.328 e. The topological polar surface area (TPSA) is 59.1 Å². The van der Waals surface area contributed by atoms with E-state index in [-0.39, 0.29) is 30.9 Å². The fourth-order valence-electron chi connectivity index (χ4n) is 5.08. The van der Waals surface area contributed by atoms with Gasteiger partial charge in [0.05, 0.1) is 6.54 Å². The van der Waals surface area contributed by atoms with E-state index in [1.807, 2.05) is 50.2 Å². The number of anilines is 1. The van der Waals surface area contributed by atoms with Crippen molar-refractivity contribution in [2.24, 2.45) is 0 Å². The van der Waals surface area contributed by atoms with Gasteiger partial charge in [0, 0.05) is 30.8 Å². The first-order chi connectivity index (χ1) is 15.3. The van der Waals surface area contributed by atoms with Gasteiger partial charge in [-0.05, 0) is 43.5 Å². The highest BCUT2D eigenvalue weighted by Crippen LogP contribution is 2.34. The molecule has 168 valence electrons. The first-order valence-electron chi connectivity index (χ1n) is 11.0. The zero-order chi connectivity index (χ0) is 22.6.